The molecule has 1 aromatic carbocycles. The van der Waals surface area contributed by atoms with Gasteiger partial charge in [-0.3, -0.25) is 0 Å². The quantitative estimate of drug-likeness (QED) is 0.703. The molecule has 0 bridgehead atoms. The molecular formula is C12H13Cl2OTi. The van der Waals surface area contributed by atoms with Crippen molar-refractivity contribution >= 4 is 18.6 Å². The van der Waals surface area contributed by atoms with Crippen LogP contribution in [0.1, 0.15) is 5.56 Å². The van der Waals surface area contributed by atoms with Gasteiger partial charge in [0.25, 0.3) is 0 Å². The van der Waals surface area contributed by atoms with Crippen molar-refractivity contribution in [1.29, 1.82) is 0 Å². The molecule has 1 nitrogen and oxygen atoms in total. The first-order valence-corrected chi connectivity index (χ1v) is 8.89. The Bertz CT molecular complexity index is 307. The van der Waals surface area contributed by atoms with Gasteiger partial charge < -0.3 is 5.11 Å². The van der Waals surface area contributed by atoms with Crippen LogP contribution in [0.5, 0.6) is 5.75 Å². The van der Waals surface area contributed by atoms with Crippen molar-refractivity contribution in [3.05, 3.63) is 60.6 Å². The zero-order valence-electron chi connectivity index (χ0n) is 8.90. The molecule has 1 aromatic rings. The fourth-order valence-electron chi connectivity index (χ4n) is 0.884. The maximum absolute atomic E-state index is 8.92. The van der Waals surface area contributed by atoms with E-state index in [2.05, 4.69) is 0 Å². The molecule has 85 valence electrons. The van der Waals surface area contributed by atoms with Gasteiger partial charge in [-0.05, 0) is 18.6 Å². The number of aryl methyl sites for hydroxylation is 1. The van der Waals surface area contributed by atoms with Gasteiger partial charge in [-0.2, -0.15) is 0 Å². The van der Waals surface area contributed by atoms with Crippen LogP contribution in [0.3, 0.4) is 0 Å². The van der Waals surface area contributed by atoms with E-state index in [1.54, 1.807) is 6.07 Å². The Morgan fingerprint density at radius 3 is 1.75 bits per heavy atom. The monoisotopic (exact) mass is 291 g/mol. The molecule has 4 heteroatoms. The zero-order valence-corrected chi connectivity index (χ0v) is 12.0. The van der Waals surface area contributed by atoms with Crippen molar-refractivity contribution in [2.24, 2.45) is 0 Å². The molecule has 0 aromatic heterocycles. The summed E-state index contributed by atoms with van der Waals surface area (Å²) in [6.07, 6.45) is 10.0. The molecule has 0 unspecified atom stereocenters. The van der Waals surface area contributed by atoms with E-state index in [1.165, 1.54) is 0 Å². The Morgan fingerprint density at radius 1 is 1.00 bits per heavy atom. The third kappa shape index (κ3) is 9.05. The summed E-state index contributed by atoms with van der Waals surface area (Å²) in [6, 6.07) is 7.25. The first kappa shape index (κ1) is 15.8. The second-order valence-corrected chi connectivity index (χ2v) is 5.40. The normalized spacial score (nSPS) is 10.9. The van der Waals surface area contributed by atoms with Gasteiger partial charge in [0, 0.05) is 6.42 Å². The van der Waals surface area contributed by atoms with Crippen LogP contribution in [0.2, 0.25) is 0 Å². The predicted octanol–water partition coefficient (Wildman–Crippen LogP) is 4.39. The number of phenols is 1. The molecule has 16 heavy (non-hydrogen) atoms. The van der Waals surface area contributed by atoms with E-state index in [-0.39, 0.29) is 0 Å². The number of aromatic hydroxyl groups is 1. The zero-order chi connectivity index (χ0) is 12.2. The van der Waals surface area contributed by atoms with E-state index in [9.17, 15) is 0 Å². The third-order valence-electron chi connectivity index (χ3n) is 1.67. The van der Waals surface area contributed by atoms with Gasteiger partial charge in [-0.15, -0.1) is 0 Å². The standard InChI is InChI=1S/C7H8O.C5H5.2ClH.Ti/c1-6-4-2-3-5-7(6)8;1-2-4-5-3-1;;;/h2-5,8H,1H3;1-5H;2*1H;/q;;;;+2/p-2. The number of hydrogen-bond donors (Lipinski definition) is 1. The Hall–Kier alpha value is -0.206. The molecule has 0 heterocycles. The number of allylic oxidation sites excluding steroid dienone is 4. The van der Waals surface area contributed by atoms with Crippen LogP contribution in [-0.4, -0.2) is 5.11 Å². The minimum absolute atomic E-state index is 0.368. The first-order valence-electron chi connectivity index (χ1n) is 4.60. The van der Waals surface area contributed by atoms with Gasteiger partial charge in [-0.1, -0.05) is 42.5 Å². The summed E-state index contributed by atoms with van der Waals surface area (Å²) in [5.74, 6) is 0.368. The van der Waals surface area contributed by atoms with Crippen molar-refractivity contribution in [2.75, 3.05) is 0 Å². The van der Waals surface area contributed by atoms with Crippen LogP contribution in [0.4, 0.5) is 0 Å². The summed E-state index contributed by atoms with van der Waals surface area (Å²) in [5, 5.41) is 8.92. The van der Waals surface area contributed by atoms with Crippen LogP contribution in [0.25, 0.3) is 0 Å². The van der Waals surface area contributed by atoms with Gasteiger partial charge in [0.2, 0.25) is 0 Å². The molecule has 0 amide bonds. The van der Waals surface area contributed by atoms with E-state index in [1.807, 2.05) is 55.8 Å². The second-order valence-electron chi connectivity index (χ2n) is 2.82. The summed E-state index contributed by atoms with van der Waals surface area (Å²) in [7, 11) is 9.78. The van der Waals surface area contributed by atoms with Gasteiger partial charge >= 0.3 is 35.6 Å². The molecule has 0 aliphatic heterocycles. The SMILES string of the molecule is Cc1ccccc1O.[CH]1C=CC=C1.[Cl][Ti][Cl]. The van der Waals surface area contributed by atoms with Crippen LogP contribution in [0.15, 0.2) is 48.6 Å². The molecule has 0 saturated carbocycles. The molecular weight excluding hydrogens is 279 g/mol. The molecule has 0 atom stereocenters. The molecule has 1 N–H and O–H groups in total. The fraction of sp³-hybridized carbons (Fsp3) is 0.0833. The topological polar surface area (TPSA) is 20.2 Å². The van der Waals surface area contributed by atoms with Gasteiger partial charge in [-0.25, -0.2) is 0 Å². The fourth-order valence-corrected chi connectivity index (χ4v) is 0.884. The minimum atomic E-state index is -0.556. The van der Waals surface area contributed by atoms with Crippen molar-refractivity contribution in [1.82, 2.24) is 0 Å². The molecule has 2 rings (SSSR count). The summed E-state index contributed by atoms with van der Waals surface area (Å²) < 4.78 is 0. The van der Waals surface area contributed by atoms with Gasteiger partial charge in [0.1, 0.15) is 5.75 Å². The summed E-state index contributed by atoms with van der Waals surface area (Å²) in [5.41, 5.74) is 0.924. The van der Waals surface area contributed by atoms with Crippen LogP contribution in [0, 0.1) is 13.3 Å². The average molecular weight is 292 g/mol. The number of phenolic OH excluding ortho intramolecular Hbond substituents is 1. The molecule has 0 saturated heterocycles. The number of para-hydroxylation sites is 1. The van der Waals surface area contributed by atoms with Crippen molar-refractivity contribution in [3.8, 4) is 5.75 Å². The second kappa shape index (κ2) is 11.3. The van der Waals surface area contributed by atoms with Gasteiger partial charge in [0.05, 0.1) is 0 Å². The van der Waals surface area contributed by atoms with E-state index in [0.29, 0.717) is 5.75 Å². The molecule has 0 fully saturated rings. The molecule has 1 aliphatic carbocycles. The van der Waals surface area contributed by atoms with Crippen LogP contribution < -0.4 is 0 Å². The Morgan fingerprint density at radius 2 is 1.50 bits per heavy atom. The molecule has 1 aliphatic rings. The maximum atomic E-state index is 8.92. The number of halogens is 2. The number of benzene rings is 1. The van der Waals surface area contributed by atoms with Crippen LogP contribution in [-0.2, 0) is 17.0 Å². The summed E-state index contributed by atoms with van der Waals surface area (Å²) in [4.78, 5) is 0. The first-order chi connectivity index (χ1) is 7.72. The summed E-state index contributed by atoms with van der Waals surface area (Å²) in [6.45, 7) is 1.87. The predicted molar refractivity (Wildman–Crippen MR) is 67.1 cm³/mol. The van der Waals surface area contributed by atoms with Crippen LogP contribution >= 0.6 is 18.6 Å². The van der Waals surface area contributed by atoms with E-state index in [0.717, 1.165) is 5.56 Å². The number of rotatable bonds is 0. The van der Waals surface area contributed by atoms with E-state index in [4.69, 9.17) is 23.7 Å². The van der Waals surface area contributed by atoms with Gasteiger partial charge in [0.15, 0.2) is 0 Å². The average Bonchev–Trinajstić information content (AvgIpc) is 2.82. The molecule has 0 spiro atoms. The summed E-state index contributed by atoms with van der Waals surface area (Å²) >= 11 is -0.556. The van der Waals surface area contributed by atoms with Crippen molar-refractivity contribution < 1.29 is 22.1 Å². The van der Waals surface area contributed by atoms with Crippen molar-refractivity contribution in [3.63, 3.8) is 0 Å². The van der Waals surface area contributed by atoms with E-state index < -0.39 is 17.0 Å². The third-order valence-corrected chi connectivity index (χ3v) is 1.67. The number of hydrogen-bond acceptors (Lipinski definition) is 1. The Balaban J connectivity index is 0.000000241. The Kier molecular flexibility index (Phi) is 11.1. The Labute approximate surface area is 113 Å². The van der Waals surface area contributed by atoms with E-state index >= 15 is 0 Å². The van der Waals surface area contributed by atoms with Crippen molar-refractivity contribution in [2.45, 2.75) is 6.92 Å². The molecule has 1 radical (unpaired) electrons.